The fourth-order valence-corrected chi connectivity index (χ4v) is 6.69. The summed E-state index contributed by atoms with van der Waals surface area (Å²) in [6.07, 6.45) is 0.561. The van der Waals surface area contributed by atoms with Gasteiger partial charge in [0.2, 0.25) is 15.9 Å². The summed E-state index contributed by atoms with van der Waals surface area (Å²) in [5, 5.41) is 3.23. The fourth-order valence-electron chi connectivity index (χ4n) is 4.95. The highest BCUT2D eigenvalue weighted by Gasteiger charge is 2.28. The lowest BCUT2D eigenvalue weighted by atomic mass is 9.97. The summed E-state index contributed by atoms with van der Waals surface area (Å²) >= 11 is 6.17. The average molecular weight is 570 g/mol. The van der Waals surface area contributed by atoms with E-state index in [0.29, 0.717) is 24.5 Å². The third-order valence-corrected chi connectivity index (χ3v) is 8.57. The van der Waals surface area contributed by atoms with Gasteiger partial charge in [0.25, 0.3) is 0 Å². The number of ether oxygens (including phenoxy) is 1. The second kappa shape index (κ2) is 13.0. The lowest BCUT2D eigenvalue weighted by Crippen LogP contribution is -2.36. The minimum absolute atomic E-state index is 0.0267. The van der Waals surface area contributed by atoms with Crippen LogP contribution in [0.25, 0.3) is 0 Å². The molecule has 39 heavy (non-hydrogen) atoms. The van der Waals surface area contributed by atoms with E-state index in [1.54, 1.807) is 24.3 Å². The normalized spacial score (nSPS) is 16.0. The first kappa shape index (κ1) is 29.1. The SMILES string of the molecule is CC(C)CN(C)Cc1ccc2c(c1)OCCC2NC(=O)CC(NS(=O)(=O)c1ccccc1Cl)c1ccccc1. The molecule has 3 aromatic carbocycles. The largest absolute Gasteiger partial charge is 0.493 e. The zero-order valence-corrected chi connectivity index (χ0v) is 24.1. The Bertz CT molecular complexity index is 1380. The molecule has 2 atom stereocenters. The Hall–Kier alpha value is -2.91. The molecule has 208 valence electrons. The maximum atomic E-state index is 13.3. The lowest BCUT2D eigenvalue weighted by molar-refractivity contribution is -0.122. The number of sulfonamides is 1. The summed E-state index contributed by atoms with van der Waals surface area (Å²) in [5.41, 5.74) is 2.77. The van der Waals surface area contributed by atoms with Crippen LogP contribution in [0.4, 0.5) is 0 Å². The van der Waals surface area contributed by atoms with Gasteiger partial charge in [0.05, 0.1) is 23.7 Å². The molecule has 0 bridgehead atoms. The number of halogens is 1. The second-order valence-electron chi connectivity index (χ2n) is 10.4. The molecule has 0 radical (unpaired) electrons. The molecule has 0 fully saturated rings. The third kappa shape index (κ3) is 7.82. The highest BCUT2D eigenvalue weighted by molar-refractivity contribution is 7.89. The Morgan fingerprint density at radius 3 is 2.51 bits per heavy atom. The number of amides is 1. The molecule has 1 amide bonds. The zero-order chi connectivity index (χ0) is 28.0. The molecule has 1 heterocycles. The van der Waals surface area contributed by atoms with Gasteiger partial charge in [-0.25, -0.2) is 13.1 Å². The van der Waals surface area contributed by atoms with E-state index >= 15 is 0 Å². The van der Waals surface area contributed by atoms with Crippen molar-refractivity contribution in [3.63, 3.8) is 0 Å². The Kier molecular flexibility index (Phi) is 9.67. The van der Waals surface area contributed by atoms with Crippen LogP contribution in [0.15, 0.2) is 77.7 Å². The number of hydrogen-bond acceptors (Lipinski definition) is 5. The average Bonchev–Trinajstić information content (AvgIpc) is 2.88. The van der Waals surface area contributed by atoms with E-state index in [1.807, 2.05) is 24.3 Å². The van der Waals surface area contributed by atoms with Crippen molar-refractivity contribution in [2.24, 2.45) is 5.92 Å². The molecule has 0 aliphatic carbocycles. The predicted octanol–water partition coefficient (Wildman–Crippen LogP) is 5.48. The van der Waals surface area contributed by atoms with Crippen molar-refractivity contribution < 1.29 is 17.9 Å². The molecule has 0 spiro atoms. The van der Waals surface area contributed by atoms with Gasteiger partial charge in [0, 0.05) is 31.5 Å². The Morgan fingerprint density at radius 1 is 1.08 bits per heavy atom. The smallest absolute Gasteiger partial charge is 0.242 e. The molecule has 0 saturated heterocycles. The van der Waals surface area contributed by atoms with E-state index in [-0.39, 0.29) is 28.3 Å². The Labute approximate surface area is 236 Å². The molecule has 0 aromatic heterocycles. The molecule has 2 N–H and O–H groups in total. The Morgan fingerprint density at radius 2 is 1.79 bits per heavy atom. The number of fused-ring (bicyclic) bond motifs is 1. The maximum absolute atomic E-state index is 13.3. The summed E-state index contributed by atoms with van der Waals surface area (Å²) in [7, 11) is -1.87. The third-order valence-electron chi connectivity index (χ3n) is 6.60. The van der Waals surface area contributed by atoms with Crippen molar-refractivity contribution in [3.8, 4) is 5.75 Å². The van der Waals surface area contributed by atoms with Crippen molar-refractivity contribution in [1.29, 1.82) is 0 Å². The van der Waals surface area contributed by atoms with Crippen LogP contribution in [0, 0.1) is 5.92 Å². The maximum Gasteiger partial charge on any atom is 0.242 e. The molecular weight excluding hydrogens is 534 g/mol. The first-order valence-electron chi connectivity index (χ1n) is 13.2. The van der Waals surface area contributed by atoms with Crippen molar-refractivity contribution in [3.05, 3.63) is 94.5 Å². The minimum atomic E-state index is -3.97. The van der Waals surface area contributed by atoms with Crippen molar-refractivity contribution in [2.45, 2.75) is 50.2 Å². The summed E-state index contributed by atoms with van der Waals surface area (Å²) < 4.78 is 35.0. The molecule has 3 aromatic rings. The van der Waals surface area contributed by atoms with E-state index < -0.39 is 16.1 Å². The van der Waals surface area contributed by atoms with Gasteiger partial charge in [-0.3, -0.25) is 4.79 Å². The first-order chi connectivity index (χ1) is 18.6. The van der Waals surface area contributed by atoms with E-state index in [1.165, 1.54) is 12.1 Å². The second-order valence-corrected chi connectivity index (χ2v) is 12.5. The zero-order valence-electron chi connectivity index (χ0n) is 22.6. The topological polar surface area (TPSA) is 87.7 Å². The molecular formula is C30H36ClN3O4S. The quantitative estimate of drug-likeness (QED) is 0.319. The highest BCUT2D eigenvalue weighted by Crippen LogP contribution is 2.34. The molecule has 0 saturated carbocycles. The van der Waals surface area contributed by atoms with Gasteiger partial charge < -0.3 is 15.0 Å². The monoisotopic (exact) mass is 569 g/mol. The van der Waals surface area contributed by atoms with Crippen molar-refractivity contribution >= 4 is 27.5 Å². The van der Waals surface area contributed by atoms with E-state index in [0.717, 1.165) is 30.0 Å². The first-order valence-corrected chi connectivity index (χ1v) is 15.0. The number of carbonyl (C=O) groups excluding carboxylic acids is 1. The van der Waals surface area contributed by atoms with Crippen molar-refractivity contribution in [1.82, 2.24) is 14.9 Å². The summed E-state index contributed by atoms with van der Waals surface area (Å²) in [6, 6.07) is 20.5. The van der Waals surface area contributed by atoms with Crippen LogP contribution in [0.1, 0.15) is 55.5 Å². The van der Waals surface area contributed by atoms with Crippen LogP contribution in [0.3, 0.4) is 0 Å². The predicted molar refractivity (Wildman–Crippen MR) is 154 cm³/mol. The molecule has 1 aliphatic rings. The number of benzene rings is 3. The highest BCUT2D eigenvalue weighted by atomic mass is 35.5. The number of rotatable bonds is 11. The van der Waals surface area contributed by atoms with E-state index in [9.17, 15) is 13.2 Å². The van der Waals surface area contributed by atoms with Gasteiger partial charge >= 0.3 is 0 Å². The van der Waals surface area contributed by atoms with Gasteiger partial charge in [-0.1, -0.05) is 80.0 Å². The number of nitrogens with zero attached hydrogens (tertiary/aromatic N) is 1. The molecule has 4 rings (SSSR count). The fraction of sp³-hybridized carbons (Fsp3) is 0.367. The van der Waals surface area contributed by atoms with Crippen LogP contribution in [0.5, 0.6) is 5.75 Å². The van der Waals surface area contributed by atoms with Gasteiger partial charge in [-0.05, 0) is 42.3 Å². The summed E-state index contributed by atoms with van der Waals surface area (Å²) in [5.74, 6) is 1.10. The van der Waals surface area contributed by atoms with Crippen LogP contribution >= 0.6 is 11.6 Å². The van der Waals surface area contributed by atoms with E-state index in [2.05, 4.69) is 48.0 Å². The number of carbonyl (C=O) groups is 1. The summed E-state index contributed by atoms with van der Waals surface area (Å²) in [4.78, 5) is 15.5. The van der Waals surface area contributed by atoms with Crippen molar-refractivity contribution in [2.75, 3.05) is 20.2 Å². The van der Waals surface area contributed by atoms with Gasteiger partial charge in [-0.15, -0.1) is 0 Å². The van der Waals surface area contributed by atoms with E-state index in [4.69, 9.17) is 16.3 Å². The van der Waals surface area contributed by atoms with Gasteiger partial charge in [0.15, 0.2) is 0 Å². The van der Waals surface area contributed by atoms with Crippen LogP contribution < -0.4 is 14.8 Å². The minimum Gasteiger partial charge on any atom is -0.493 e. The van der Waals surface area contributed by atoms with Gasteiger partial charge in [-0.2, -0.15) is 0 Å². The standard InChI is InChI=1S/C30H36ClN3O4S/c1-21(2)19-34(3)20-22-13-14-24-26(15-16-38-28(24)17-22)32-30(35)18-27(23-9-5-4-6-10-23)33-39(36,37)29-12-8-7-11-25(29)31/h4-14,17,21,26-27,33H,15-16,18-20H2,1-3H3,(H,32,35). The number of hydrogen-bond donors (Lipinski definition) is 2. The molecule has 1 aliphatic heterocycles. The van der Waals surface area contributed by atoms with Crippen LogP contribution in [-0.4, -0.2) is 39.4 Å². The van der Waals surface area contributed by atoms with Crippen LogP contribution in [0.2, 0.25) is 5.02 Å². The summed E-state index contributed by atoms with van der Waals surface area (Å²) in [6.45, 7) is 6.70. The molecule has 9 heteroatoms. The number of nitrogens with one attached hydrogen (secondary N) is 2. The van der Waals surface area contributed by atoms with Gasteiger partial charge in [0.1, 0.15) is 10.6 Å². The Balaban J connectivity index is 1.48. The molecule has 7 nitrogen and oxygen atoms in total. The molecule has 2 unspecified atom stereocenters. The van der Waals surface area contributed by atoms with Crippen LogP contribution in [-0.2, 0) is 21.4 Å². The lowest BCUT2D eigenvalue weighted by Gasteiger charge is -2.28.